The Morgan fingerprint density at radius 3 is 2.61 bits per heavy atom. The molecule has 5 nitrogen and oxygen atoms in total. The van der Waals surface area contributed by atoms with Gasteiger partial charge in [-0.3, -0.25) is 9.13 Å². The van der Waals surface area contributed by atoms with Crippen molar-refractivity contribution in [2.75, 3.05) is 26.3 Å². The molecule has 0 amide bonds. The molecule has 104 valence electrons. The Bertz CT molecular complexity index is 371. The van der Waals surface area contributed by atoms with Crippen molar-refractivity contribution in [1.82, 2.24) is 14.5 Å². The van der Waals surface area contributed by atoms with Gasteiger partial charge in [0, 0.05) is 45.2 Å². The van der Waals surface area contributed by atoms with E-state index >= 15 is 0 Å². The molecule has 0 saturated heterocycles. The molecule has 0 saturated carbocycles. The summed E-state index contributed by atoms with van der Waals surface area (Å²) in [5.41, 5.74) is 0.0681. The number of nitrogens with one attached hydrogen (secondary N) is 1. The zero-order valence-corrected chi connectivity index (χ0v) is 11.5. The van der Waals surface area contributed by atoms with Crippen LogP contribution in [0.3, 0.4) is 0 Å². The van der Waals surface area contributed by atoms with Crippen LogP contribution in [0.25, 0.3) is 0 Å². The van der Waals surface area contributed by atoms with E-state index in [2.05, 4.69) is 12.2 Å². The van der Waals surface area contributed by atoms with Gasteiger partial charge in [-0.1, -0.05) is 13.3 Å². The third kappa shape index (κ3) is 5.06. The van der Waals surface area contributed by atoms with E-state index in [0.717, 1.165) is 39.3 Å². The quantitative estimate of drug-likeness (QED) is 0.636. The number of rotatable bonds is 10. The number of aromatic nitrogens is 2. The maximum atomic E-state index is 11.7. The summed E-state index contributed by atoms with van der Waals surface area (Å²) in [6.07, 6.45) is 5.96. The summed E-state index contributed by atoms with van der Waals surface area (Å²) in [5, 5.41) is 3.27. The maximum Gasteiger partial charge on any atom is 0.328 e. The number of hydrogen-bond acceptors (Lipinski definition) is 3. The second-order valence-corrected chi connectivity index (χ2v) is 4.28. The largest absolute Gasteiger partial charge is 0.380 e. The summed E-state index contributed by atoms with van der Waals surface area (Å²) in [6.45, 7) is 8.78. The molecular formula is C13H25N3O2. The van der Waals surface area contributed by atoms with Crippen molar-refractivity contribution in [3.8, 4) is 0 Å². The van der Waals surface area contributed by atoms with Crippen molar-refractivity contribution in [3.05, 3.63) is 22.9 Å². The third-order valence-corrected chi connectivity index (χ3v) is 2.85. The standard InChI is InChI=1S/C13H25N3O2/c1-3-5-11-18-12-7-14-6-8-16-10-9-15(4-2)13(16)17/h9-10,14H,3-8,11-12H2,1-2H3. The molecular weight excluding hydrogens is 230 g/mol. The number of aryl methyl sites for hydroxylation is 1. The Morgan fingerprint density at radius 1 is 1.17 bits per heavy atom. The Hall–Kier alpha value is -1.07. The first-order valence-corrected chi connectivity index (χ1v) is 6.83. The van der Waals surface area contributed by atoms with E-state index in [-0.39, 0.29) is 5.69 Å². The lowest BCUT2D eigenvalue weighted by atomic mass is 10.4. The Kier molecular flexibility index (Phi) is 7.44. The Labute approximate surface area is 109 Å². The van der Waals surface area contributed by atoms with Crippen molar-refractivity contribution < 1.29 is 4.74 Å². The second kappa shape index (κ2) is 8.94. The van der Waals surface area contributed by atoms with E-state index in [9.17, 15) is 4.79 Å². The van der Waals surface area contributed by atoms with Gasteiger partial charge in [-0.15, -0.1) is 0 Å². The normalized spacial score (nSPS) is 11.0. The first kappa shape index (κ1) is 15.0. The molecule has 0 aliphatic heterocycles. The maximum absolute atomic E-state index is 11.7. The molecule has 0 radical (unpaired) electrons. The van der Waals surface area contributed by atoms with E-state index in [1.54, 1.807) is 9.13 Å². The van der Waals surface area contributed by atoms with Crippen LogP contribution in [0.5, 0.6) is 0 Å². The van der Waals surface area contributed by atoms with Crippen LogP contribution < -0.4 is 11.0 Å². The van der Waals surface area contributed by atoms with Gasteiger partial charge in [0.05, 0.1) is 6.61 Å². The molecule has 5 heteroatoms. The lowest BCUT2D eigenvalue weighted by molar-refractivity contribution is 0.133. The fraction of sp³-hybridized carbons (Fsp3) is 0.769. The van der Waals surface area contributed by atoms with Crippen molar-refractivity contribution in [3.63, 3.8) is 0 Å². The zero-order valence-electron chi connectivity index (χ0n) is 11.5. The monoisotopic (exact) mass is 255 g/mol. The molecule has 0 unspecified atom stereocenters. The Morgan fingerprint density at radius 2 is 1.94 bits per heavy atom. The molecule has 0 fully saturated rings. The predicted octanol–water partition coefficient (Wildman–Crippen LogP) is 1.08. The van der Waals surface area contributed by atoms with Gasteiger partial charge in [-0.05, 0) is 13.3 Å². The molecule has 1 aromatic rings. The molecule has 1 N–H and O–H groups in total. The first-order valence-electron chi connectivity index (χ1n) is 6.83. The number of hydrogen-bond donors (Lipinski definition) is 1. The molecule has 18 heavy (non-hydrogen) atoms. The predicted molar refractivity (Wildman–Crippen MR) is 73.0 cm³/mol. The summed E-state index contributed by atoms with van der Waals surface area (Å²) < 4.78 is 8.87. The van der Waals surface area contributed by atoms with Crippen LogP contribution in [-0.4, -0.2) is 35.4 Å². The molecule has 0 aliphatic carbocycles. The van der Waals surface area contributed by atoms with Gasteiger partial charge in [0.15, 0.2) is 0 Å². The fourth-order valence-electron chi connectivity index (χ4n) is 1.68. The van der Waals surface area contributed by atoms with Crippen LogP contribution in [0.1, 0.15) is 26.7 Å². The molecule has 1 heterocycles. The summed E-state index contributed by atoms with van der Waals surface area (Å²) in [7, 11) is 0. The van der Waals surface area contributed by atoms with E-state index in [4.69, 9.17) is 4.74 Å². The molecule has 0 spiro atoms. The van der Waals surface area contributed by atoms with E-state index in [1.165, 1.54) is 6.42 Å². The molecule has 0 aromatic carbocycles. The average molecular weight is 255 g/mol. The van der Waals surface area contributed by atoms with Crippen molar-refractivity contribution in [2.24, 2.45) is 0 Å². The molecule has 0 bridgehead atoms. The topological polar surface area (TPSA) is 48.2 Å². The fourth-order valence-corrected chi connectivity index (χ4v) is 1.68. The highest BCUT2D eigenvalue weighted by molar-refractivity contribution is 4.81. The van der Waals surface area contributed by atoms with Crippen LogP contribution in [0.4, 0.5) is 0 Å². The van der Waals surface area contributed by atoms with Gasteiger partial charge in [-0.2, -0.15) is 0 Å². The van der Waals surface area contributed by atoms with Crippen LogP contribution in [0, 0.1) is 0 Å². The van der Waals surface area contributed by atoms with Crippen molar-refractivity contribution in [2.45, 2.75) is 39.8 Å². The molecule has 1 aromatic heterocycles. The van der Waals surface area contributed by atoms with Gasteiger partial charge in [0.25, 0.3) is 0 Å². The van der Waals surface area contributed by atoms with Crippen LogP contribution in [0.15, 0.2) is 17.2 Å². The summed E-state index contributed by atoms with van der Waals surface area (Å²) in [6, 6.07) is 0. The molecule has 0 atom stereocenters. The Balaban J connectivity index is 2.07. The minimum absolute atomic E-state index is 0.0681. The average Bonchev–Trinajstić information content (AvgIpc) is 2.73. The second-order valence-electron chi connectivity index (χ2n) is 4.28. The molecule has 1 rings (SSSR count). The molecule has 0 aliphatic rings. The number of imidazole rings is 1. The van der Waals surface area contributed by atoms with E-state index in [1.807, 2.05) is 19.3 Å². The zero-order chi connectivity index (χ0) is 13.2. The summed E-state index contributed by atoms with van der Waals surface area (Å²) in [5.74, 6) is 0. The lowest BCUT2D eigenvalue weighted by Crippen LogP contribution is -2.29. The van der Waals surface area contributed by atoms with Gasteiger partial charge in [0.2, 0.25) is 0 Å². The summed E-state index contributed by atoms with van der Waals surface area (Å²) >= 11 is 0. The number of nitrogens with zero attached hydrogens (tertiary/aromatic N) is 2. The van der Waals surface area contributed by atoms with E-state index < -0.39 is 0 Å². The van der Waals surface area contributed by atoms with Crippen LogP contribution in [-0.2, 0) is 17.8 Å². The third-order valence-electron chi connectivity index (χ3n) is 2.85. The van der Waals surface area contributed by atoms with Gasteiger partial charge in [0.1, 0.15) is 0 Å². The smallest absolute Gasteiger partial charge is 0.328 e. The first-order chi connectivity index (χ1) is 8.79. The van der Waals surface area contributed by atoms with Gasteiger partial charge in [-0.25, -0.2) is 4.79 Å². The minimum Gasteiger partial charge on any atom is -0.380 e. The summed E-state index contributed by atoms with van der Waals surface area (Å²) in [4.78, 5) is 11.7. The van der Waals surface area contributed by atoms with Crippen molar-refractivity contribution in [1.29, 1.82) is 0 Å². The lowest BCUT2D eigenvalue weighted by Gasteiger charge is -2.06. The number of unbranched alkanes of at least 4 members (excludes halogenated alkanes) is 1. The highest BCUT2D eigenvalue weighted by Gasteiger charge is 2.00. The number of ether oxygens (including phenoxy) is 1. The van der Waals surface area contributed by atoms with Gasteiger partial charge >= 0.3 is 5.69 Å². The highest BCUT2D eigenvalue weighted by Crippen LogP contribution is 1.87. The van der Waals surface area contributed by atoms with Crippen LogP contribution >= 0.6 is 0 Å². The van der Waals surface area contributed by atoms with Crippen molar-refractivity contribution >= 4 is 0 Å². The highest BCUT2D eigenvalue weighted by atomic mass is 16.5. The van der Waals surface area contributed by atoms with E-state index in [0.29, 0.717) is 6.54 Å². The van der Waals surface area contributed by atoms with Crippen LogP contribution in [0.2, 0.25) is 0 Å². The minimum atomic E-state index is 0.0681. The SMILES string of the molecule is CCCCOCCNCCn1ccn(CC)c1=O. The van der Waals surface area contributed by atoms with Gasteiger partial charge < -0.3 is 10.1 Å².